The first kappa shape index (κ1) is 26.9. The van der Waals surface area contributed by atoms with E-state index >= 15 is 0 Å². The van der Waals surface area contributed by atoms with E-state index in [-0.39, 0.29) is 24.9 Å². The van der Waals surface area contributed by atoms with Crippen molar-refractivity contribution >= 4 is 29.4 Å². The minimum atomic E-state index is -0.369. The third-order valence-corrected chi connectivity index (χ3v) is 7.07. The quantitative estimate of drug-likeness (QED) is 0.225. The summed E-state index contributed by atoms with van der Waals surface area (Å²) in [5.74, 6) is -0.323. The molecular formula is C33H29ClN4O2. The molecule has 0 spiro atoms. The van der Waals surface area contributed by atoms with Crippen LogP contribution in [0.1, 0.15) is 27.0 Å². The van der Waals surface area contributed by atoms with Gasteiger partial charge in [-0.2, -0.15) is 0 Å². The minimum Gasteiger partial charge on any atom is -0.325 e. The lowest BCUT2D eigenvalue weighted by atomic mass is 10.1. The van der Waals surface area contributed by atoms with Crippen molar-refractivity contribution in [3.63, 3.8) is 0 Å². The minimum absolute atomic E-state index is 0.181. The number of rotatable bonds is 8. The fraction of sp³-hybridized carbons (Fsp3) is 0.121. The van der Waals surface area contributed by atoms with Crippen molar-refractivity contribution in [3.05, 3.63) is 137 Å². The third kappa shape index (κ3) is 6.14. The van der Waals surface area contributed by atoms with E-state index in [9.17, 15) is 9.59 Å². The largest absolute Gasteiger partial charge is 0.325 e. The Hall–Kier alpha value is -4.68. The zero-order valence-corrected chi connectivity index (χ0v) is 23.1. The Morgan fingerprint density at radius 1 is 0.850 bits per heavy atom. The van der Waals surface area contributed by atoms with Crippen LogP contribution in [-0.4, -0.2) is 32.8 Å². The number of aromatic nitrogens is 2. The Morgan fingerprint density at radius 2 is 1.52 bits per heavy atom. The maximum atomic E-state index is 13.5. The van der Waals surface area contributed by atoms with Crippen LogP contribution in [0.4, 0.5) is 5.95 Å². The van der Waals surface area contributed by atoms with Crippen LogP contribution < -0.4 is 5.32 Å². The molecule has 1 N–H and O–H groups in total. The van der Waals surface area contributed by atoms with E-state index < -0.39 is 0 Å². The van der Waals surface area contributed by atoms with Crippen LogP contribution in [-0.2, 0) is 11.3 Å². The monoisotopic (exact) mass is 548 g/mol. The van der Waals surface area contributed by atoms with Crippen LogP contribution in [0.3, 0.4) is 0 Å². The fourth-order valence-electron chi connectivity index (χ4n) is 4.43. The van der Waals surface area contributed by atoms with E-state index in [2.05, 4.69) is 18.3 Å². The maximum Gasteiger partial charge on any atom is 0.256 e. The third-order valence-electron chi connectivity index (χ3n) is 6.74. The molecule has 0 aliphatic rings. The van der Waals surface area contributed by atoms with Crippen molar-refractivity contribution in [2.45, 2.75) is 20.4 Å². The lowest BCUT2D eigenvalue weighted by Gasteiger charge is -2.23. The molecule has 4 aromatic carbocycles. The molecule has 0 bridgehead atoms. The molecule has 0 unspecified atom stereocenters. The first-order valence-corrected chi connectivity index (χ1v) is 13.4. The summed E-state index contributed by atoms with van der Waals surface area (Å²) in [5, 5.41) is 3.29. The Labute approximate surface area is 238 Å². The summed E-state index contributed by atoms with van der Waals surface area (Å²) >= 11 is 6.34. The van der Waals surface area contributed by atoms with E-state index in [1.54, 1.807) is 24.3 Å². The number of halogens is 1. The molecule has 1 heterocycles. The lowest BCUT2D eigenvalue weighted by Crippen LogP contribution is -2.38. The van der Waals surface area contributed by atoms with Crippen LogP contribution in [0.15, 0.2) is 109 Å². The first-order valence-electron chi connectivity index (χ1n) is 13.0. The molecular weight excluding hydrogens is 520 g/mol. The summed E-state index contributed by atoms with van der Waals surface area (Å²) in [5.41, 5.74) is 6.08. The number of nitrogens with one attached hydrogen (secondary N) is 1. The summed E-state index contributed by atoms with van der Waals surface area (Å²) in [6.45, 7) is 4.18. The smallest absolute Gasteiger partial charge is 0.256 e. The molecule has 0 saturated heterocycles. The second-order valence-electron chi connectivity index (χ2n) is 9.63. The van der Waals surface area contributed by atoms with Gasteiger partial charge in [0, 0.05) is 24.0 Å². The van der Waals surface area contributed by atoms with E-state index in [0.717, 1.165) is 28.1 Å². The predicted octanol–water partition coefficient (Wildman–Crippen LogP) is 7.09. The highest BCUT2D eigenvalue weighted by Crippen LogP contribution is 2.26. The average molecular weight is 549 g/mol. The lowest BCUT2D eigenvalue weighted by molar-refractivity contribution is -0.117. The molecule has 40 heavy (non-hydrogen) atoms. The molecule has 7 heteroatoms. The van der Waals surface area contributed by atoms with Crippen LogP contribution in [0, 0.1) is 13.8 Å². The number of anilines is 1. The number of aryl methyl sites for hydroxylation is 2. The van der Waals surface area contributed by atoms with Crippen LogP contribution in [0.2, 0.25) is 5.02 Å². The van der Waals surface area contributed by atoms with Crippen molar-refractivity contribution in [2.75, 3.05) is 11.9 Å². The molecule has 200 valence electrons. The number of nitrogens with zero attached hydrogens (tertiary/aromatic N) is 3. The van der Waals surface area contributed by atoms with Crippen molar-refractivity contribution in [1.82, 2.24) is 14.5 Å². The standard InChI is InChI=1S/C33H29ClN4O2/c1-23-17-18-27(19-24(23)2)38-21-30(26-13-7-4-8-14-26)35-33(38)36-31(39)22-37(20-25-11-5-3-6-12-25)32(40)28-15-9-10-16-29(28)34/h3-19,21H,20,22H2,1-2H3,(H,35,36,39). The number of carbonyl (C=O) groups is 2. The van der Waals surface area contributed by atoms with Crippen molar-refractivity contribution in [3.8, 4) is 16.9 Å². The number of benzene rings is 4. The molecule has 5 aromatic rings. The molecule has 0 saturated carbocycles. The van der Waals surface area contributed by atoms with Gasteiger partial charge in [0.15, 0.2) is 0 Å². The molecule has 0 aliphatic heterocycles. The van der Waals surface area contributed by atoms with Crippen molar-refractivity contribution in [2.24, 2.45) is 0 Å². The van der Waals surface area contributed by atoms with E-state index in [4.69, 9.17) is 16.6 Å². The summed E-state index contributed by atoms with van der Waals surface area (Å²) in [6.07, 6.45) is 1.91. The summed E-state index contributed by atoms with van der Waals surface area (Å²) in [6, 6.07) is 32.3. The van der Waals surface area contributed by atoms with Crippen molar-refractivity contribution in [1.29, 1.82) is 0 Å². The highest BCUT2D eigenvalue weighted by atomic mass is 35.5. The Bertz CT molecular complexity index is 1650. The van der Waals surface area contributed by atoms with Gasteiger partial charge in [-0.05, 0) is 54.8 Å². The zero-order chi connectivity index (χ0) is 28.1. The van der Waals surface area contributed by atoms with Gasteiger partial charge in [-0.3, -0.25) is 19.5 Å². The number of hydrogen-bond donors (Lipinski definition) is 1. The second-order valence-corrected chi connectivity index (χ2v) is 10.0. The van der Waals surface area contributed by atoms with Gasteiger partial charge in [-0.1, -0.05) is 90.5 Å². The SMILES string of the molecule is Cc1ccc(-n2cc(-c3ccccc3)nc2NC(=O)CN(Cc2ccccc2)C(=O)c2ccccc2Cl)cc1C. The van der Waals surface area contributed by atoms with Crippen LogP contribution in [0.5, 0.6) is 0 Å². The fourth-order valence-corrected chi connectivity index (χ4v) is 4.65. The highest BCUT2D eigenvalue weighted by Gasteiger charge is 2.23. The van der Waals surface area contributed by atoms with E-state index in [1.807, 2.05) is 90.5 Å². The van der Waals surface area contributed by atoms with Gasteiger partial charge < -0.3 is 4.90 Å². The molecule has 5 rings (SSSR count). The van der Waals surface area contributed by atoms with Gasteiger partial charge >= 0.3 is 0 Å². The summed E-state index contributed by atoms with van der Waals surface area (Å²) in [4.78, 5) is 33.3. The first-order chi connectivity index (χ1) is 19.4. The number of amides is 2. The normalized spacial score (nSPS) is 10.8. The molecule has 2 amide bonds. The van der Waals surface area contributed by atoms with Gasteiger partial charge in [0.25, 0.3) is 5.91 Å². The average Bonchev–Trinajstić information content (AvgIpc) is 3.38. The molecule has 1 aromatic heterocycles. The Balaban J connectivity index is 1.46. The number of carbonyl (C=O) groups excluding carboxylic acids is 2. The van der Waals surface area contributed by atoms with Gasteiger partial charge in [-0.25, -0.2) is 4.98 Å². The van der Waals surface area contributed by atoms with E-state index in [1.165, 1.54) is 10.5 Å². The topological polar surface area (TPSA) is 67.2 Å². The second kappa shape index (κ2) is 12.0. The van der Waals surface area contributed by atoms with Gasteiger partial charge in [0.1, 0.15) is 6.54 Å². The van der Waals surface area contributed by atoms with Gasteiger partial charge in [0.05, 0.1) is 16.3 Å². The predicted molar refractivity (Wildman–Crippen MR) is 160 cm³/mol. The van der Waals surface area contributed by atoms with Crippen LogP contribution >= 0.6 is 11.6 Å². The molecule has 0 aliphatic carbocycles. The Morgan fingerprint density at radius 3 is 2.23 bits per heavy atom. The summed E-state index contributed by atoms with van der Waals surface area (Å²) in [7, 11) is 0. The number of hydrogen-bond acceptors (Lipinski definition) is 3. The van der Waals surface area contributed by atoms with Gasteiger partial charge in [0.2, 0.25) is 11.9 Å². The number of imidazole rings is 1. The molecule has 6 nitrogen and oxygen atoms in total. The maximum absolute atomic E-state index is 13.5. The summed E-state index contributed by atoms with van der Waals surface area (Å²) < 4.78 is 1.87. The highest BCUT2D eigenvalue weighted by molar-refractivity contribution is 6.33. The Kier molecular flexibility index (Phi) is 8.08. The van der Waals surface area contributed by atoms with Crippen molar-refractivity contribution < 1.29 is 9.59 Å². The van der Waals surface area contributed by atoms with E-state index in [0.29, 0.717) is 16.5 Å². The van der Waals surface area contributed by atoms with Crippen LogP contribution in [0.25, 0.3) is 16.9 Å². The molecule has 0 fully saturated rings. The molecule has 0 radical (unpaired) electrons. The molecule has 0 atom stereocenters. The zero-order valence-electron chi connectivity index (χ0n) is 22.3. The van der Waals surface area contributed by atoms with Gasteiger partial charge in [-0.15, -0.1) is 0 Å².